The van der Waals surface area contributed by atoms with Crippen LogP contribution < -0.4 is 10.6 Å². The van der Waals surface area contributed by atoms with E-state index in [0.29, 0.717) is 12.0 Å². The van der Waals surface area contributed by atoms with E-state index < -0.39 is 0 Å². The molecule has 0 aromatic heterocycles. The summed E-state index contributed by atoms with van der Waals surface area (Å²) in [5, 5.41) is 6.91. The van der Waals surface area contributed by atoms with Gasteiger partial charge in [-0.15, -0.1) is 0 Å². The lowest BCUT2D eigenvalue weighted by Gasteiger charge is -2.38. The van der Waals surface area contributed by atoms with Gasteiger partial charge in [0, 0.05) is 71.9 Å². The number of carbonyl (C=O) groups is 1. The van der Waals surface area contributed by atoms with Gasteiger partial charge in [0.05, 0.1) is 19.8 Å². The largest absolute Gasteiger partial charge is 0.379 e. The summed E-state index contributed by atoms with van der Waals surface area (Å²) in [6, 6.07) is 0.471. The van der Waals surface area contributed by atoms with Crippen LogP contribution in [0.15, 0.2) is 4.99 Å². The maximum atomic E-state index is 11.5. The van der Waals surface area contributed by atoms with Crippen molar-refractivity contribution in [1.29, 1.82) is 0 Å². The van der Waals surface area contributed by atoms with Crippen LogP contribution in [0, 0.1) is 5.92 Å². The number of aliphatic imine (C=N–C) groups is 1. The van der Waals surface area contributed by atoms with Gasteiger partial charge in [-0.05, 0) is 12.8 Å². The van der Waals surface area contributed by atoms with Gasteiger partial charge in [0.15, 0.2) is 5.96 Å². The number of ether oxygens (including phenoxy) is 1. The minimum Gasteiger partial charge on any atom is -0.379 e. The number of hydrogen-bond donors (Lipinski definition) is 2. The van der Waals surface area contributed by atoms with Crippen LogP contribution in [0.1, 0.15) is 40.5 Å². The first kappa shape index (κ1) is 24.9. The van der Waals surface area contributed by atoms with E-state index in [1.54, 1.807) is 6.92 Å². The van der Waals surface area contributed by atoms with Crippen LogP contribution >= 0.6 is 0 Å². The first-order valence-corrected chi connectivity index (χ1v) is 11.9. The van der Waals surface area contributed by atoms with Gasteiger partial charge in [-0.1, -0.05) is 26.7 Å². The molecule has 0 saturated carbocycles. The molecule has 0 bridgehead atoms. The van der Waals surface area contributed by atoms with Crippen molar-refractivity contribution in [3.8, 4) is 0 Å². The molecule has 2 fully saturated rings. The number of amides is 1. The molecule has 2 N–H and O–H groups in total. The average Bonchev–Trinajstić information content (AvgIpc) is 2.77. The van der Waals surface area contributed by atoms with E-state index in [0.717, 1.165) is 84.6 Å². The molecule has 174 valence electrons. The molecule has 30 heavy (non-hydrogen) atoms. The van der Waals surface area contributed by atoms with Crippen LogP contribution in [-0.4, -0.2) is 111 Å². The van der Waals surface area contributed by atoms with E-state index in [9.17, 15) is 4.79 Å². The third kappa shape index (κ3) is 8.04. The lowest BCUT2D eigenvalue weighted by Crippen LogP contribution is -2.51. The third-order valence-electron chi connectivity index (χ3n) is 6.43. The van der Waals surface area contributed by atoms with Gasteiger partial charge in [0.25, 0.3) is 0 Å². The van der Waals surface area contributed by atoms with E-state index in [2.05, 4.69) is 41.2 Å². The van der Waals surface area contributed by atoms with Gasteiger partial charge >= 0.3 is 0 Å². The molecule has 0 radical (unpaired) electrons. The van der Waals surface area contributed by atoms with Gasteiger partial charge in [0.1, 0.15) is 0 Å². The Bertz CT molecular complexity index is 512. The molecule has 2 rings (SSSR count). The predicted molar refractivity (Wildman–Crippen MR) is 123 cm³/mol. The molecule has 8 heteroatoms. The zero-order chi connectivity index (χ0) is 21.8. The lowest BCUT2D eigenvalue weighted by molar-refractivity contribution is -0.130. The van der Waals surface area contributed by atoms with Crippen molar-refractivity contribution < 1.29 is 9.53 Å². The second-order valence-electron chi connectivity index (χ2n) is 8.29. The molecule has 2 aliphatic heterocycles. The smallest absolute Gasteiger partial charge is 0.219 e. The number of morpholine rings is 1. The second kappa shape index (κ2) is 13.8. The molecule has 8 nitrogen and oxygen atoms in total. The normalized spacial score (nSPS) is 20.4. The van der Waals surface area contributed by atoms with E-state index >= 15 is 0 Å². The summed E-state index contributed by atoms with van der Waals surface area (Å²) >= 11 is 0. The van der Waals surface area contributed by atoms with E-state index in [4.69, 9.17) is 9.73 Å². The molecule has 1 atom stereocenters. The highest BCUT2D eigenvalue weighted by molar-refractivity contribution is 5.79. The number of guanidine groups is 1. The molecule has 1 unspecified atom stereocenters. The molecule has 2 saturated heterocycles. The van der Waals surface area contributed by atoms with E-state index in [-0.39, 0.29) is 5.91 Å². The summed E-state index contributed by atoms with van der Waals surface area (Å²) in [6.07, 6.45) is 2.37. The Labute approximate surface area is 183 Å². The second-order valence-corrected chi connectivity index (χ2v) is 8.29. The Morgan fingerprint density at radius 3 is 2.23 bits per heavy atom. The number of nitrogens with one attached hydrogen (secondary N) is 2. The average molecular weight is 425 g/mol. The molecular formula is C22H44N6O2. The Kier molecular flexibility index (Phi) is 11.5. The van der Waals surface area contributed by atoms with Crippen molar-refractivity contribution in [3.63, 3.8) is 0 Å². The summed E-state index contributed by atoms with van der Waals surface area (Å²) in [7, 11) is 0. The van der Waals surface area contributed by atoms with Crippen molar-refractivity contribution in [2.24, 2.45) is 10.9 Å². The van der Waals surface area contributed by atoms with Crippen molar-refractivity contribution in [2.75, 3.05) is 78.7 Å². The highest BCUT2D eigenvalue weighted by Crippen LogP contribution is 2.20. The molecule has 0 aromatic rings. The standard InChI is InChI=1S/C22H44N6O2/c1-5-20(6-2)21(28-14-16-30-17-15-28)18-25-22(23-7-3)24-8-9-26-10-12-27(13-11-26)19(4)29/h20-21H,5-18H2,1-4H3,(H2,23,24,25). The van der Waals surface area contributed by atoms with Crippen LogP contribution in [0.3, 0.4) is 0 Å². The topological polar surface area (TPSA) is 72.4 Å². The fourth-order valence-electron chi connectivity index (χ4n) is 4.45. The maximum Gasteiger partial charge on any atom is 0.219 e. The number of hydrogen-bond acceptors (Lipinski definition) is 5. The Balaban J connectivity index is 1.85. The molecule has 2 aliphatic rings. The third-order valence-corrected chi connectivity index (χ3v) is 6.43. The van der Waals surface area contributed by atoms with Gasteiger partial charge in [0.2, 0.25) is 5.91 Å². The summed E-state index contributed by atoms with van der Waals surface area (Å²) in [5.74, 6) is 1.75. The Morgan fingerprint density at radius 1 is 1.00 bits per heavy atom. The molecule has 2 heterocycles. The summed E-state index contributed by atoms with van der Waals surface area (Å²) in [4.78, 5) is 23.4. The number of carbonyl (C=O) groups excluding carboxylic acids is 1. The first-order chi connectivity index (χ1) is 14.6. The van der Waals surface area contributed by atoms with Crippen LogP contribution in [0.5, 0.6) is 0 Å². The number of piperazine rings is 1. The highest BCUT2D eigenvalue weighted by atomic mass is 16.5. The minimum atomic E-state index is 0.182. The first-order valence-electron chi connectivity index (χ1n) is 11.9. The van der Waals surface area contributed by atoms with Crippen molar-refractivity contribution in [3.05, 3.63) is 0 Å². The quantitative estimate of drug-likeness (QED) is 0.400. The Morgan fingerprint density at radius 2 is 1.67 bits per heavy atom. The van der Waals surface area contributed by atoms with Crippen molar-refractivity contribution in [2.45, 2.75) is 46.6 Å². The number of nitrogens with zero attached hydrogens (tertiary/aromatic N) is 4. The lowest BCUT2D eigenvalue weighted by atomic mass is 9.92. The van der Waals surface area contributed by atoms with E-state index in [1.165, 1.54) is 12.8 Å². The summed E-state index contributed by atoms with van der Waals surface area (Å²) < 4.78 is 5.56. The van der Waals surface area contributed by atoms with Gasteiger partial charge in [-0.2, -0.15) is 0 Å². The molecule has 1 amide bonds. The SMILES string of the molecule is CCNC(=NCC(C(CC)CC)N1CCOCC1)NCCN1CCN(C(C)=O)CC1. The number of rotatable bonds is 10. The maximum absolute atomic E-state index is 11.5. The minimum absolute atomic E-state index is 0.182. The molecule has 0 spiro atoms. The zero-order valence-electron chi connectivity index (χ0n) is 19.7. The molecule has 0 aromatic carbocycles. The molecular weight excluding hydrogens is 380 g/mol. The van der Waals surface area contributed by atoms with Crippen LogP contribution in [0.2, 0.25) is 0 Å². The van der Waals surface area contributed by atoms with Crippen LogP contribution in [0.25, 0.3) is 0 Å². The fraction of sp³-hybridized carbons (Fsp3) is 0.909. The summed E-state index contributed by atoms with van der Waals surface area (Å²) in [5.41, 5.74) is 0. The Hall–Kier alpha value is -1.38. The van der Waals surface area contributed by atoms with Crippen molar-refractivity contribution >= 4 is 11.9 Å². The van der Waals surface area contributed by atoms with Crippen molar-refractivity contribution in [1.82, 2.24) is 25.3 Å². The monoisotopic (exact) mass is 424 g/mol. The molecule has 0 aliphatic carbocycles. The van der Waals surface area contributed by atoms with Gasteiger partial charge in [-0.3, -0.25) is 19.6 Å². The fourth-order valence-corrected chi connectivity index (χ4v) is 4.45. The van der Waals surface area contributed by atoms with Gasteiger partial charge in [-0.25, -0.2) is 0 Å². The van der Waals surface area contributed by atoms with Crippen LogP contribution in [-0.2, 0) is 9.53 Å². The van der Waals surface area contributed by atoms with E-state index in [1.807, 2.05) is 4.90 Å². The summed E-state index contributed by atoms with van der Waals surface area (Å²) in [6.45, 7) is 19.1. The zero-order valence-corrected chi connectivity index (χ0v) is 19.7. The van der Waals surface area contributed by atoms with Crippen LogP contribution in [0.4, 0.5) is 0 Å². The highest BCUT2D eigenvalue weighted by Gasteiger charge is 2.26. The van der Waals surface area contributed by atoms with Gasteiger partial charge < -0.3 is 20.3 Å². The predicted octanol–water partition coefficient (Wildman–Crippen LogP) is 0.843.